The molecule has 5 heteroatoms. The van der Waals surface area contributed by atoms with Crippen molar-refractivity contribution in [3.05, 3.63) is 28.8 Å². The van der Waals surface area contributed by atoms with Crippen LogP contribution in [0.1, 0.15) is 23.1 Å². The molecule has 1 aliphatic rings. The van der Waals surface area contributed by atoms with Crippen LogP contribution < -0.4 is 10.1 Å². The van der Waals surface area contributed by atoms with E-state index in [1.165, 1.54) is 0 Å². The molecule has 0 radical (unpaired) electrons. The van der Waals surface area contributed by atoms with Gasteiger partial charge in [-0.05, 0) is 43.5 Å². The van der Waals surface area contributed by atoms with E-state index in [4.69, 9.17) is 4.74 Å². The number of methoxy groups -OCH3 is 1. The molecular formula is C16H25ClN2O2. The van der Waals surface area contributed by atoms with Crippen LogP contribution in [-0.4, -0.2) is 38.1 Å². The molecule has 1 saturated heterocycles. The molecule has 1 atom stereocenters. The number of nitrogens with one attached hydrogen (secondary N) is 1. The van der Waals surface area contributed by atoms with Crippen molar-refractivity contribution in [2.75, 3.05) is 27.2 Å². The molecule has 118 valence electrons. The Bertz CT molecular complexity index is 476. The minimum Gasteiger partial charge on any atom is -0.496 e. The van der Waals surface area contributed by atoms with Crippen LogP contribution in [0.15, 0.2) is 12.1 Å². The molecule has 1 unspecified atom stereocenters. The van der Waals surface area contributed by atoms with Crippen LogP contribution in [0.25, 0.3) is 0 Å². The minimum atomic E-state index is 0. The van der Waals surface area contributed by atoms with Crippen LogP contribution in [0.3, 0.4) is 0 Å². The Kier molecular flexibility index (Phi) is 6.49. The summed E-state index contributed by atoms with van der Waals surface area (Å²) in [5.41, 5.74) is 3.39. The minimum absolute atomic E-state index is 0. The van der Waals surface area contributed by atoms with Gasteiger partial charge in [0.25, 0.3) is 0 Å². The zero-order chi connectivity index (χ0) is 14.7. The molecule has 1 aromatic rings. The third kappa shape index (κ3) is 4.11. The first-order chi connectivity index (χ1) is 9.52. The number of hydrogen-bond donors (Lipinski definition) is 1. The van der Waals surface area contributed by atoms with E-state index in [-0.39, 0.29) is 24.2 Å². The molecule has 1 heterocycles. The van der Waals surface area contributed by atoms with Gasteiger partial charge < -0.3 is 15.0 Å². The summed E-state index contributed by atoms with van der Waals surface area (Å²) in [4.78, 5) is 14.1. The highest BCUT2D eigenvalue weighted by molar-refractivity contribution is 5.85. The van der Waals surface area contributed by atoms with Crippen molar-refractivity contribution in [3.8, 4) is 5.75 Å². The third-order valence-electron chi connectivity index (χ3n) is 3.93. The van der Waals surface area contributed by atoms with Crippen LogP contribution in [0.5, 0.6) is 5.75 Å². The second-order valence-corrected chi connectivity index (χ2v) is 5.65. The van der Waals surface area contributed by atoms with Crippen LogP contribution >= 0.6 is 12.4 Å². The number of benzene rings is 1. The van der Waals surface area contributed by atoms with Gasteiger partial charge in [-0.3, -0.25) is 4.79 Å². The summed E-state index contributed by atoms with van der Waals surface area (Å²) in [6.07, 6.45) is 0.948. The average Bonchev–Trinajstić information content (AvgIpc) is 2.91. The topological polar surface area (TPSA) is 41.6 Å². The Labute approximate surface area is 133 Å². The largest absolute Gasteiger partial charge is 0.496 e. The first-order valence-corrected chi connectivity index (χ1v) is 7.12. The van der Waals surface area contributed by atoms with E-state index in [9.17, 15) is 4.79 Å². The Morgan fingerprint density at radius 1 is 1.38 bits per heavy atom. The maximum atomic E-state index is 12.3. The lowest BCUT2D eigenvalue weighted by Gasteiger charge is -2.21. The van der Waals surface area contributed by atoms with Gasteiger partial charge in [0.05, 0.1) is 13.0 Å². The summed E-state index contributed by atoms with van der Waals surface area (Å²) < 4.78 is 5.38. The zero-order valence-electron chi connectivity index (χ0n) is 13.2. The van der Waals surface area contributed by atoms with Crippen molar-refractivity contribution in [2.24, 2.45) is 5.92 Å². The lowest BCUT2D eigenvalue weighted by molar-refractivity contribution is -0.134. The highest BCUT2D eigenvalue weighted by atomic mass is 35.5. The zero-order valence-corrected chi connectivity index (χ0v) is 14.0. The summed E-state index contributed by atoms with van der Waals surface area (Å²) in [5.74, 6) is 1.31. The lowest BCUT2D eigenvalue weighted by atomic mass is 10.0. The number of amides is 1. The standard InChI is InChI=1S/C16H24N2O2.ClH/c1-11-7-13(8-12(2)15(11)20-4)10-18(3)16(19)14-5-6-17-9-14;/h7-8,14,17H,5-6,9-10H2,1-4H3;1H. The van der Waals surface area contributed by atoms with Gasteiger partial charge in [-0.15, -0.1) is 12.4 Å². The van der Waals surface area contributed by atoms with E-state index in [2.05, 4.69) is 17.4 Å². The van der Waals surface area contributed by atoms with Crippen LogP contribution in [0.2, 0.25) is 0 Å². The number of nitrogens with zero attached hydrogens (tertiary/aromatic N) is 1. The fourth-order valence-electron chi connectivity index (χ4n) is 2.98. The molecule has 1 aromatic carbocycles. The van der Waals surface area contributed by atoms with E-state index in [1.54, 1.807) is 7.11 Å². The second-order valence-electron chi connectivity index (χ2n) is 5.65. The van der Waals surface area contributed by atoms with Crippen molar-refractivity contribution in [2.45, 2.75) is 26.8 Å². The number of ether oxygens (including phenoxy) is 1. The third-order valence-corrected chi connectivity index (χ3v) is 3.93. The van der Waals surface area contributed by atoms with Crippen molar-refractivity contribution in [1.29, 1.82) is 0 Å². The predicted molar refractivity (Wildman–Crippen MR) is 87.2 cm³/mol. The van der Waals surface area contributed by atoms with Crippen LogP contribution in [0, 0.1) is 19.8 Å². The maximum Gasteiger partial charge on any atom is 0.227 e. The molecule has 1 aliphatic heterocycles. The van der Waals surface area contributed by atoms with Crippen molar-refractivity contribution in [3.63, 3.8) is 0 Å². The monoisotopic (exact) mass is 312 g/mol. The summed E-state index contributed by atoms with van der Waals surface area (Å²) in [7, 11) is 3.58. The number of carbonyl (C=O) groups excluding carboxylic acids is 1. The fourth-order valence-corrected chi connectivity index (χ4v) is 2.98. The van der Waals surface area contributed by atoms with E-state index >= 15 is 0 Å². The van der Waals surface area contributed by atoms with Crippen molar-refractivity contribution >= 4 is 18.3 Å². The highest BCUT2D eigenvalue weighted by Gasteiger charge is 2.25. The Balaban J connectivity index is 0.00000220. The van der Waals surface area contributed by atoms with E-state index in [0.717, 1.165) is 42.0 Å². The summed E-state index contributed by atoms with van der Waals surface area (Å²) in [6.45, 7) is 6.49. The van der Waals surface area contributed by atoms with Crippen LogP contribution in [0.4, 0.5) is 0 Å². The number of rotatable bonds is 4. The second kappa shape index (κ2) is 7.66. The summed E-state index contributed by atoms with van der Waals surface area (Å²) in [6, 6.07) is 4.20. The van der Waals surface area contributed by atoms with Gasteiger partial charge in [-0.2, -0.15) is 0 Å². The Hall–Kier alpha value is -1.26. The maximum absolute atomic E-state index is 12.3. The summed E-state index contributed by atoms with van der Waals surface area (Å²) in [5, 5.41) is 3.24. The first kappa shape index (κ1) is 17.8. The van der Waals surface area contributed by atoms with Crippen LogP contribution in [-0.2, 0) is 11.3 Å². The normalized spacial score (nSPS) is 17.2. The first-order valence-electron chi connectivity index (χ1n) is 7.12. The molecule has 1 amide bonds. The van der Waals surface area contributed by atoms with E-state index < -0.39 is 0 Å². The predicted octanol–water partition coefficient (Wildman–Crippen LogP) is 2.30. The molecular weight excluding hydrogens is 288 g/mol. The number of aryl methyl sites for hydroxylation is 2. The lowest BCUT2D eigenvalue weighted by Crippen LogP contribution is -2.33. The van der Waals surface area contributed by atoms with Gasteiger partial charge in [0, 0.05) is 20.1 Å². The highest BCUT2D eigenvalue weighted by Crippen LogP contribution is 2.25. The molecule has 0 aliphatic carbocycles. The van der Waals surface area contributed by atoms with Crippen molar-refractivity contribution < 1.29 is 9.53 Å². The van der Waals surface area contributed by atoms with Gasteiger partial charge in [0.1, 0.15) is 5.75 Å². The quantitative estimate of drug-likeness (QED) is 0.927. The van der Waals surface area contributed by atoms with Gasteiger partial charge >= 0.3 is 0 Å². The fraction of sp³-hybridized carbons (Fsp3) is 0.562. The Morgan fingerprint density at radius 2 is 2.00 bits per heavy atom. The van der Waals surface area contributed by atoms with E-state index in [0.29, 0.717) is 6.54 Å². The molecule has 1 fully saturated rings. The van der Waals surface area contributed by atoms with Gasteiger partial charge in [-0.25, -0.2) is 0 Å². The SMILES string of the molecule is COc1c(C)cc(CN(C)C(=O)C2CCNC2)cc1C.Cl. The molecule has 0 saturated carbocycles. The number of carbonyl (C=O) groups is 1. The van der Waals surface area contributed by atoms with Gasteiger partial charge in [0.15, 0.2) is 0 Å². The van der Waals surface area contributed by atoms with Gasteiger partial charge in [0.2, 0.25) is 5.91 Å². The molecule has 1 N–H and O–H groups in total. The Morgan fingerprint density at radius 3 is 2.48 bits per heavy atom. The van der Waals surface area contributed by atoms with Gasteiger partial charge in [-0.1, -0.05) is 12.1 Å². The smallest absolute Gasteiger partial charge is 0.227 e. The average molecular weight is 313 g/mol. The molecule has 21 heavy (non-hydrogen) atoms. The molecule has 2 rings (SSSR count). The molecule has 4 nitrogen and oxygen atoms in total. The number of halogens is 1. The van der Waals surface area contributed by atoms with Crippen molar-refractivity contribution in [1.82, 2.24) is 10.2 Å². The molecule has 0 spiro atoms. The molecule has 0 bridgehead atoms. The number of hydrogen-bond acceptors (Lipinski definition) is 3. The summed E-state index contributed by atoms with van der Waals surface area (Å²) >= 11 is 0. The molecule has 0 aromatic heterocycles. The van der Waals surface area contributed by atoms with E-state index in [1.807, 2.05) is 25.8 Å².